The number of benzene rings is 4. The van der Waals surface area contributed by atoms with Gasteiger partial charge in [0.1, 0.15) is 23.0 Å². The van der Waals surface area contributed by atoms with Crippen LogP contribution in [0.4, 0.5) is 0 Å². The van der Waals surface area contributed by atoms with E-state index in [4.69, 9.17) is 0 Å². The molecule has 4 aromatic rings. The average Bonchev–Trinajstić information content (AvgIpc) is 2.71. The van der Waals surface area contributed by atoms with Crippen LogP contribution in [0.5, 0.6) is 23.0 Å². The zero-order valence-electron chi connectivity index (χ0n) is 15.5. The molecule has 4 aromatic carbocycles. The Labute approximate surface area is 184 Å². The molecule has 0 bridgehead atoms. The van der Waals surface area contributed by atoms with Gasteiger partial charge in [0.25, 0.3) is 0 Å². The van der Waals surface area contributed by atoms with Crippen LogP contribution in [0.1, 0.15) is 0 Å². The fourth-order valence-electron chi connectivity index (χ4n) is 2.81. The summed E-state index contributed by atoms with van der Waals surface area (Å²) in [6, 6.07) is 27.7. The fraction of sp³-hybridized carbons (Fsp3) is 0. The van der Waals surface area contributed by atoms with E-state index in [0.717, 1.165) is 0 Å². The third-order valence-corrected chi connectivity index (χ3v) is 4.20. The van der Waals surface area contributed by atoms with Gasteiger partial charge in [0.15, 0.2) is 0 Å². The summed E-state index contributed by atoms with van der Waals surface area (Å²) in [4.78, 5) is 0. The molecular weight excluding hydrogens is 400 g/mol. The third-order valence-electron chi connectivity index (χ3n) is 4.20. The molecule has 0 aliphatic heterocycles. The van der Waals surface area contributed by atoms with E-state index in [1.165, 1.54) is 0 Å². The molecule has 0 aromatic heterocycles. The number of hydrogen-bond acceptors (Lipinski definition) is 4. The van der Waals surface area contributed by atoms with Crippen LogP contribution in [-0.4, -0.2) is 20.4 Å². The third kappa shape index (κ3) is 5.41. The summed E-state index contributed by atoms with van der Waals surface area (Å²) in [6.45, 7) is 0. The van der Waals surface area contributed by atoms with E-state index in [2.05, 4.69) is 0 Å². The molecule has 144 valence electrons. The number of hydrogen-bond donors (Lipinski definition) is 4. The molecule has 0 heterocycles. The molecule has 4 nitrogen and oxygen atoms in total. The summed E-state index contributed by atoms with van der Waals surface area (Å²) in [7, 11) is 0. The Hall–Kier alpha value is -3.21. The Kier molecular flexibility index (Phi) is 7.90. The molecular formula is C24H20O4Ti. The first kappa shape index (κ1) is 22.1. The molecule has 0 atom stereocenters. The molecule has 0 saturated heterocycles. The average molecular weight is 420 g/mol. The summed E-state index contributed by atoms with van der Waals surface area (Å²) in [5.41, 5.74) is 2.58. The van der Waals surface area contributed by atoms with E-state index >= 15 is 0 Å². The molecule has 0 spiro atoms. The van der Waals surface area contributed by atoms with Crippen molar-refractivity contribution in [1.82, 2.24) is 0 Å². The van der Waals surface area contributed by atoms with Crippen molar-refractivity contribution in [3.05, 3.63) is 97.1 Å². The first-order valence-corrected chi connectivity index (χ1v) is 8.70. The Morgan fingerprint density at radius 1 is 0.310 bits per heavy atom. The van der Waals surface area contributed by atoms with Gasteiger partial charge in [0.05, 0.1) is 0 Å². The molecule has 0 radical (unpaired) electrons. The molecule has 29 heavy (non-hydrogen) atoms. The first-order valence-electron chi connectivity index (χ1n) is 8.70. The van der Waals surface area contributed by atoms with Crippen LogP contribution in [0.3, 0.4) is 0 Å². The van der Waals surface area contributed by atoms with E-state index in [1.54, 1.807) is 72.8 Å². The molecule has 0 amide bonds. The van der Waals surface area contributed by atoms with Gasteiger partial charge >= 0.3 is 0 Å². The van der Waals surface area contributed by atoms with Gasteiger partial charge in [0, 0.05) is 44.0 Å². The summed E-state index contributed by atoms with van der Waals surface area (Å²) in [5.74, 6) is 0.700. The molecule has 4 N–H and O–H groups in total. The second-order valence-corrected chi connectivity index (χ2v) is 6.07. The fourth-order valence-corrected chi connectivity index (χ4v) is 2.81. The van der Waals surface area contributed by atoms with Crippen molar-refractivity contribution >= 4 is 0 Å². The van der Waals surface area contributed by atoms with Crippen molar-refractivity contribution in [2.75, 3.05) is 0 Å². The van der Waals surface area contributed by atoms with Gasteiger partial charge in [-0.3, -0.25) is 0 Å². The predicted molar refractivity (Wildman–Crippen MR) is 110 cm³/mol. The smallest absolute Gasteiger partial charge is 0.123 e. The molecule has 0 aliphatic rings. The minimum atomic E-state index is 0. The van der Waals surface area contributed by atoms with Crippen molar-refractivity contribution in [2.45, 2.75) is 0 Å². The topological polar surface area (TPSA) is 80.9 Å². The number of aromatic hydroxyl groups is 4. The van der Waals surface area contributed by atoms with Crippen molar-refractivity contribution in [3.63, 3.8) is 0 Å². The summed E-state index contributed by atoms with van der Waals surface area (Å²) in [6.07, 6.45) is 0. The van der Waals surface area contributed by atoms with Crippen LogP contribution in [0.25, 0.3) is 22.3 Å². The van der Waals surface area contributed by atoms with Crippen LogP contribution in [0.2, 0.25) is 0 Å². The largest absolute Gasteiger partial charge is 0.507 e. The first-order chi connectivity index (χ1) is 13.6. The Balaban J connectivity index is 0.000000200. The van der Waals surface area contributed by atoms with Gasteiger partial charge in [-0.2, -0.15) is 0 Å². The van der Waals surface area contributed by atoms with Gasteiger partial charge in [0.2, 0.25) is 0 Å². The monoisotopic (exact) mass is 420 g/mol. The van der Waals surface area contributed by atoms with Crippen LogP contribution in [-0.2, 0) is 21.7 Å². The van der Waals surface area contributed by atoms with E-state index in [9.17, 15) is 20.4 Å². The number of phenols is 4. The second-order valence-electron chi connectivity index (χ2n) is 6.07. The molecule has 0 unspecified atom stereocenters. The maximum absolute atomic E-state index is 9.58. The minimum Gasteiger partial charge on any atom is -0.507 e. The standard InChI is InChI=1S/2C12H10O2.Ti/c2*13-11-7-3-1-5-9(11)10-6-2-4-8-12(10)14;/h2*1-8,13-14H;. The van der Waals surface area contributed by atoms with Crippen LogP contribution < -0.4 is 0 Å². The van der Waals surface area contributed by atoms with Crippen molar-refractivity contribution in [1.29, 1.82) is 0 Å². The van der Waals surface area contributed by atoms with Crippen LogP contribution in [0.15, 0.2) is 97.1 Å². The molecule has 0 fully saturated rings. The second kappa shape index (κ2) is 10.4. The summed E-state index contributed by atoms with van der Waals surface area (Å²) in [5, 5.41) is 38.3. The van der Waals surface area contributed by atoms with Crippen LogP contribution in [0, 0.1) is 0 Å². The SMILES string of the molecule is Oc1ccccc1-c1ccccc1O.Oc1ccccc1-c1ccccc1O.[Ti]. The van der Waals surface area contributed by atoms with Gasteiger partial charge in [-0.1, -0.05) is 72.8 Å². The Morgan fingerprint density at radius 2 is 0.483 bits per heavy atom. The van der Waals surface area contributed by atoms with E-state index in [-0.39, 0.29) is 44.7 Å². The van der Waals surface area contributed by atoms with E-state index < -0.39 is 0 Å². The number of phenolic OH excluding ortho intramolecular Hbond substituents is 4. The van der Waals surface area contributed by atoms with Gasteiger partial charge in [-0.15, -0.1) is 0 Å². The van der Waals surface area contributed by atoms with Gasteiger partial charge in [-0.05, 0) is 24.3 Å². The minimum absolute atomic E-state index is 0. The molecule has 4 rings (SSSR count). The van der Waals surface area contributed by atoms with Crippen molar-refractivity contribution in [3.8, 4) is 45.3 Å². The molecule has 5 heteroatoms. The Morgan fingerprint density at radius 3 is 0.655 bits per heavy atom. The zero-order valence-corrected chi connectivity index (χ0v) is 17.1. The quantitative estimate of drug-likeness (QED) is 0.322. The van der Waals surface area contributed by atoms with Crippen molar-refractivity contribution < 1.29 is 42.1 Å². The molecule has 0 saturated carbocycles. The van der Waals surface area contributed by atoms with Gasteiger partial charge < -0.3 is 20.4 Å². The maximum Gasteiger partial charge on any atom is 0.123 e. The van der Waals surface area contributed by atoms with E-state index in [1.807, 2.05) is 24.3 Å². The van der Waals surface area contributed by atoms with Crippen molar-refractivity contribution in [2.24, 2.45) is 0 Å². The summed E-state index contributed by atoms with van der Waals surface area (Å²) >= 11 is 0. The van der Waals surface area contributed by atoms with E-state index in [0.29, 0.717) is 22.3 Å². The Bertz CT molecular complexity index is 905. The maximum atomic E-state index is 9.58. The number of para-hydroxylation sites is 4. The zero-order chi connectivity index (χ0) is 19.9. The molecule has 0 aliphatic carbocycles. The summed E-state index contributed by atoms with van der Waals surface area (Å²) < 4.78 is 0. The number of rotatable bonds is 2. The predicted octanol–water partition coefficient (Wildman–Crippen LogP) is 5.53. The normalized spacial score (nSPS) is 9.66. The van der Waals surface area contributed by atoms with Crippen LogP contribution >= 0.6 is 0 Å². The van der Waals surface area contributed by atoms with Gasteiger partial charge in [-0.25, -0.2) is 0 Å².